The minimum atomic E-state index is 0.0879. The van der Waals surface area contributed by atoms with Crippen LogP contribution in [0.5, 0.6) is 0 Å². The van der Waals surface area contributed by atoms with Crippen LogP contribution in [0, 0.1) is 10.8 Å². The van der Waals surface area contributed by atoms with Crippen LogP contribution >= 0.6 is 0 Å². The Morgan fingerprint density at radius 1 is 1.07 bits per heavy atom. The summed E-state index contributed by atoms with van der Waals surface area (Å²) in [5.74, 6) is 0. The number of rotatable bonds is 4. The van der Waals surface area contributed by atoms with Crippen LogP contribution in [0.15, 0.2) is 0 Å². The summed E-state index contributed by atoms with van der Waals surface area (Å²) >= 11 is 0. The van der Waals surface area contributed by atoms with E-state index in [4.69, 9.17) is 10.5 Å². The molecule has 2 atom stereocenters. The first-order valence-corrected chi connectivity index (χ1v) is 5.91. The molecule has 2 heteroatoms. The summed E-state index contributed by atoms with van der Waals surface area (Å²) in [4.78, 5) is 0. The second-order valence-electron chi connectivity index (χ2n) is 6.83. The fourth-order valence-corrected chi connectivity index (χ4v) is 1.68. The zero-order chi connectivity index (χ0) is 12.3. The van der Waals surface area contributed by atoms with E-state index in [9.17, 15) is 0 Å². The summed E-state index contributed by atoms with van der Waals surface area (Å²) in [6, 6.07) is 0.0879. The first-order valence-electron chi connectivity index (χ1n) is 5.91. The molecular weight excluding hydrogens is 186 g/mol. The fraction of sp³-hybridized carbons (Fsp3) is 1.00. The smallest absolute Gasteiger partial charge is 0.0771 e. The van der Waals surface area contributed by atoms with Crippen LogP contribution in [-0.2, 0) is 4.74 Å². The normalized spacial score (nSPS) is 17.6. The molecule has 2 nitrogen and oxygen atoms in total. The summed E-state index contributed by atoms with van der Waals surface area (Å²) in [5.41, 5.74) is 6.40. The van der Waals surface area contributed by atoms with Crippen molar-refractivity contribution in [3.05, 3.63) is 0 Å². The zero-order valence-corrected chi connectivity index (χ0v) is 11.6. The lowest BCUT2D eigenvalue weighted by atomic mass is 9.85. The highest BCUT2D eigenvalue weighted by Gasteiger charge is 2.28. The van der Waals surface area contributed by atoms with Crippen molar-refractivity contribution in [1.82, 2.24) is 0 Å². The molecule has 0 saturated heterocycles. The average molecular weight is 215 g/mol. The SMILES string of the molecule is CC(N)C(OCCC(C)(C)C)C(C)(C)C. The third-order valence-electron chi connectivity index (χ3n) is 2.48. The van der Waals surface area contributed by atoms with Gasteiger partial charge in [-0.25, -0.2) is 0 Å². The van der Waals surface area contributed by atoms with Crippen molar-refractivity contribution in [1.29, 1.82) is 0 Å². The van der Waals surface area contributed by atoms with Crippen LogP contribution in [0.25, 0.3) is 0 Å². The summed E-state index contributed by atoms with van der Waals surface area (Å²) in [6.07, 6.45) is 1.21. The van der Waals surface area contributed by atoms with Crippen LogP contribution in [0.4, 0.5) is 0 Å². The maximum Gasteiger partial charge on any atom is 0.0771 e. The van der Waals surface area contributed by atoms with E-state index in [-0.39, 0.29) is 17.6 Å². The van der Waals surface area contributed by atoms with Crippen LogP contribution in [0.1, 0.15) is 54.9 Å². The summed E-state index contributed by atoms with van der Waals surface area (Å²) in [7, 11) is 0. The summed E-state index contributed by atoms with van der Waals surface area (Å²) in [5, 5.41) is 0. The first-order chi connectivity index (χ1) is 6.54. The van der Waals surface area contributed by atoms with E-state index in [0.29, 0.717) is 5.41 Å². The molecule has 0 aromatic rings. The molecule has 2 unspecified atom stereocenters. The predicted molar refractivity (Wildman–Crippen MR) is 66.9 cm³/mol. The molecule has 0 amide bonds. The van der Waals surface area contributed by atoms with Crippen molar-refractivity contribution in [2.75, 3.05) is 6.61 Å². The zero-order valence-electron chi connectivity index (χ0n) is 11.6. The Hall–Kier alpha value is -0.0800. The first kappa shape index (κ1) is 14.9. The molecule has 0 aliphatic rings. The minimum Gasteiger partial charge on any atom is -0.376 e. The molecule has 0 aromatic carbocycles. The van der Waals surface area contributed by atoms with Gasteiger partial charge in [-0.2, -0.15) is 0 Å². The highest BCUT2D eigenvalue weighted by Crippen LogP contribution is 2.26. The lowest BCUT2D eigenvalue weighted by Gasteiger charge is -2.34. The third-order valence-corrected chi connectivity index (χ3v) is 2.48. The van der Waals surface area contributed by atoms with Crippen LogP contribution in [0.2, 0.25) is 0 Å². The molecule has 0 aromatic heterocycles. The maximum absolute atomic E-state index is 5.95. The molecule has 0 saturated carbocycles. The van der Waals surface area contributed by atoms with Crippen molar-refractivity contribution < 1.29 is 4.74 Å². The van der Waals surface area contributed by atoms with Gasteiger partial charge < -0.3 is 10.5 Å². The van der Waals surface area contributed by atoms with Gasteiger partial charge in [0.15, 0.2) is 0 Å². The number of ether oxygens (including phenoxy) is 1. The van der Waals surface area contributed by atoms with E-state index in [1.165, 1.54) is 0 Å². The van der Waals surface area contributed by atoms with Gasteiger partial charge >= 0.3 is 0 Å². The monoisotopic (exact) mass is 215 g/mol. The highest BCUT2D eigenvalue weighted by atomic mass is 16.5. The predicted octanol–water partition coefficient (Wildman–Crippen LogP) is 3.20. The molecule has 0 radical (unpaired) electrons. The van der Waals surface area contributed by atoms with Gasteiger partial charge in [0.1, 0.15) is 0 Å². The van der Waals surface area contributed by atoms with Gasteiger partial charge in [-0.3, -0.25) is 0 Å². The van der Waals surface area contributed by atoms with Crippen molar-refractivity contribution in [2.45, 2.75) is 67.0 Å². The number of nitrogens with two attached hydrogens (primary N) is 1. The van der Waals surface area contributed by atoms with Gasteiger partial charge in [0.05, 0.1) is 6.10 Å². The van der Waals surface area contributed by atoms with Gasteiger partial charge in [-0.1, -0.05) is 41.5 Å². The van der Waals surface area contributed by atoms with Crippen LogP contribution < -0.4 is 5.73 Å². The second-order valence-corrected chi connectivity index (χ2v) is 6.83. The quantitative estimate of drug-likeness (QED) is 0.781. The van der Waals surface area contributed by atoms with Gasteiger partial charge in [0.25, 0.3) is 0 Å². The molecule has 92 valence electrons. The molecule has 0 aliphatic carbocycles. The second kappa shape index (κ2) is 5.31. The average Bonchev–Trinajstić information content (AvgIpc) is 1.92. The van der Waals surface area contributed by atoms with Crippen molar-refractivity contribution >= 4 is 0 Å². The Labute approximate surface area is 95.6 Å². The standard InChI is InChI=1S/C13H29NO/c1-10(14)11(13(5,6)7)15-9-8-12(2,3)4/h10-11H,8-9,14H2,1-7H3. The molecule has 0 aliphatic heterocycles. The van der Waals surface area contributed by atoms with Gasteiger partial charge in [0, 0.05) is 12.6 Å². The molecular formula is C13H29NO. The van der Waals surface area contributed by atoms with Crippen molar-refractivity contribution in [2.24, 2.45) is 16.6 Å². The Morgan fingerprint density at radius 3 is 1.80 bits per heavy atom. The van der Waals surface area contributed by atoms with Gasteiger partial charge in [-0.05, 0) is 24.2 Å². The topological polar surface area (TPSA) is 35.2 Å². The molecule has 0 fully saturated rings. The lowest BCUT2D eigenvalue weighted by Crippen LogP contribution is -2.43. The van der Waals surface area contributed by atoms with E-state index in [1.807, 2.05) is 6.92 Å². The van der Waals surface area contributed by atoms with Crippen molar-refractivity contribution in [3.8, 4) is 0 Å². The van der Waals surface area contributed by atoms with Crippen LogP contribution in [0.3, 0.4) is 0 Å². The van der Waals surface area contributed by atoms with E-state index in [0.717, 1.165) is 13.0 Å². The molecule has 15 heavy (non-hydrogen) atoms. The Morgan fingerprint density at radius 2 is 1.53 bits per heavy atom. The molecule has 0 heterocycles. The van der Waals surface area contributed by atoms with E-state index < -0.39 is 0 Å². The Kier molecular flexibility index (Phi) is 5.28. The fourth-order valence-electron chi connectivity index (χ4n) is 1.68. The Bertz CT molecular complexity index is 174. The summed E-state index contributed by atoms with van der Waals surface area (Å²) < 4.78 is 5.92. The maximum atomic E-state index is 5.95. The molecule has 0 bridgehead atoms. The largest absolute Gasteiger partial charge is 0.376 e. The minimum absolute atomic E-state index is 0.0879. The highest BCUT2D eigenvalue weighted by molar-refractivity contribution is 4.81. The molecule has 0 spiro atoms. The van der Waals surface area contributed by atoms with Gasteiger partial charge in [0.2, 0.25) is 0 Å². The van der Waals surface area contributed by atoms with E-state index >= 15 is 0 Å². The van der Waals surface area contributed by atoms with E-state index in [2.05, 4.69) is 41.5 Å². The Balaban J connectivity index is 4.11. The van der Waals surface area contributed by atoms with E-state index in [1.54, 1.807) is 0 Å². The summed E-state index contributed by atoms with van der Waals surface area (Å²) in [6.45, 7) is 16.0. The molecule has 2 N–H and O–H groups in total. The molecule has 0 rings (SSSR count). The van der Waals surface area contributed by atoms with Crippen LogP contribution in [-0.4, -0.2) is 18.8 Å². The number of hydrogen-bond donors (Lipinski definition) is 1. The third kappa shape index (κ3) is 6.91. The van der Waals surface area contributed by atoms with Crippen molar-refractivity contribution in [3.63, 3.8) is 0 Å². The van der Waals surface area contributed by atoms with Gasteiger partial charge in [-0.15, -0.1) is 0 Å². The number of hydrogen-bond acceptors (Lipinski definition) is 2. The lowest BCUT2D eigenvalue weighted by molar-refractivity contribution is -0.0382.